The zero-order chi connectivity index (χ0) is 25.0. The fourth-order valence-corrected chi connectivity index (χ4v) is 5.22. The number of likely N-dealkylation sites (N-methyl/N-ethyl adjacent to an activating group) is 1. The van der Waals surface area contributed by atoms with Crippen molar-refractivity contribution in [3.63, 3.8) is 0 Å². The summed E-state index contributed by atoms with van der Waals surface area (Å²) in [5.41, 5.74) is 0. The Labute approximate surface area is 198 Å². The van der Waals surface area contributed by atoms with E-state index in [1.807, 2.05) is 46.7 Å². The van der Waals surface area contributed by atoms with E-state index >= 15 is 0 Å². The van der Waals surface area contributed by atoms with Gasteiger partial charge in [-0.2, -0.15) is 0 Å². The number of ether oxygens (including phenoxy) is 3. The van der Waals surface area contributed by atoms with Gasteiger partial charge >= 0.3 is 5.97 Å². The molecular formula is C25H45NO7. The molecular weight excluding hydrogens is 426 g/mol. The first-order valence-corrected chi connectivity index (χ1v) is 12.4. The lowest BCUT2D eigenvalue weighted by Crippen LogP contribution is -2.56. The van der Waals surface area contributed by atoms with Gasteiger partial charge in [0.1, 0.15) is 18.0 Å². The molecule has 192 valence electrons. The molecule has 0 unspecified atom stereocenters. The van der Waals surface area contributed by atoms with Crippen molar-refractivity contribution < 1.29 is 34.0 Å². The van der Waals surface area contributed by atoms with E-state index in [0.29, 0.717) is 25.7 Å². The SMILES string of the molecule is C[C@@H]1C[C@H](N(C)C)[C@@H](O)[C@H](O[C@H]2[C@@H](C)C[C@@H](C)C(=O)CC[C@@H](C)[C@@H]([C@@H](C)O)OC(=O)[C@@H]2C)O1. The number of nitrogens with zero attached hydrogens (tertiary/aromatic N) is 1. The molecule has 0 spiro atoms. The molecule has 0 aromatic heterocycles. The number of Topliss-reactive ketones (excluding diaryl/α,β-unsaturated/α-hetero) is 1. The van der Waals surface area contributed by atoms with Crippen LogP contribution in [0.2, 0.25) is 0 Å². The van der Waals surface area contributed by atoms with Crippen LogP contribution in [0.15, 0.2) is 0 Å². The second-order valence-electron chi connectivity index (χ2n) is 10.7. The van der Waals surface area contributed by atoms with Crippen LogP contribution in [-0.4, -0.2) is 83.8 Å². The summed E-state index contributed by atoms with van der Waals surface area (Å²) in [6.07, 6.45) is -1.89. The molecule has 2 aliphatic rings. The molecule has 8 nitrogen and oxygen atoms in total. The third-order valence-corrected chi connectivity index (χ3v) is 7.40. The van der Waals surface area contributed by atoms with E-state index in [1.165, 1.54) is 0 Å². The van der Waals surface area contributed by atoms with Crippen molar-refractivity contribution in [2.75, 3.05) is 14.1 Å². The van der Waals surface area contributed by atoms with E-state index in [0.717, 1.165) is 0 Å². The standard InChI is InChI=1S/C25H45NO7/c1-13-9-10-20(28)14(2)11-15(3)22(17(5)24(30)32-23(13)18(6)27)33-25-21(29)19(26(7)8)12-16(4)31-25/h13-19,21-23,25,27,29H,9-12H2,1-8H3/t13-,14-,15+,16-,17-,18-,19+,21-,22+,23+,25+/m1/s1. The number of aliphatic hydroxyl groups is 2. The number of cyclic esters (lactones) is 1. The van der Waals surface area contributed by atoms with Gasteiger partial charge in [0.15, 0.2) is 6.29 Å². The van der Waals surface area contributed by atoms with Crippen LogP contribution < -0.4 is 0 Å². The van der Waals surface area contributed by atoms with Gasteiger partial charge in [-0.1, -0.05) is 20.8 Å². The molecule has 2 rings (SSSR count). The van der Waals surface area contributed by atoms with Crippen molar-refractivity contribution in [1.82, 2.24) is 4.90 Å². The molecule has 33 heavy (non-hydrogen) atoms. The number of carbonyl (C=O) groups excluding carboxylic acids is 2. The average Bonchev–Trinajstić information content (AvgIpc) is 2.73. The van der Waals surface area contributed by atoms with Gasteiger partial charge in [0.25, 0.3) is 0 Å². The monoisotopic (exact) mass is 471 g/mol. The second kappa shape index (κ2) is 12.1. The number of carbonyl (C=O) groups is 2. The molecule has 8 heteroatoms. The van der Waals surface area contributed by atoms with Crippen molar-refractivity contribution in [3.8, 4) is 0 Å². The van der Waals surface area contributed by atoms with Crippen LogP contribution in [-0.2, 0) is 23.8 Å². The quantitative estimate of drug-likeness (QED) is 0.602. The number of ketones is 1. The van der Waals surface area contributed by atoms with E-state index in [1.54, 1.807) is 13.8 Å². The van der Waals surface area contributed by atoms with Gasteiger partial charge in [0, 0.05) is 18.4 Å². The van der Waals surface area contributed by atoms with Gasteiger partial charge in [-0.15, -0.1) is 0 Å². The van der Waals surface area contributed by atoms with Gasteiger partial charge in [0.2, 0.25) is 0 Å². The number of rotatable bonds is 4. The minimum absolute atomic E-state index is 0.115. The van der Waals surface area contributed by atoms with E-state index in [-0.39, 0.29) is 35.7 Å². The van der Waals surface area contributed by atoms with Crippen molar-refractivity contribution in [2.45, 2.75) is 110 Å². The average molecular weight is 472 g/mol. The molecule has 0 amide bonds. The summed E-state index contributed by atoms with van der Waals surface area (Å²) in [6.45, 7) is 11.0. The van der Waals surface area contributed by atoms with Crippen molar-refractivity contribution in [1.29, 1.82) is 0 Å². The Morgan fingerprint density at radius 1 is 1.06 bits per heavy atom. The van der Waals surface area contributed by atoms with Crippen LogP contribution >= 0.6 is 0 Å². The highest BCUT2D eigenvalue weighted by atomic mass is 16.7. The molecule has 0 aliphatic carbocycles. The molecule has 2 N–H and O–H groups in total. The van der Waals surface area contributed by atoms with Crippen molar-refractivity contribution in [3.05, 3.63) is 0 Å². The Bertz CT molecular complexity index is 655. The maximum Gasteiger partial charge on any atom is 0.311 e. The third-order valence-electron chi connectivity index (χ3n) is 7.40. The topological polar surface area (TPSA) is 106 Å². The molecule has 0 aromatic rings. The Kier molecular flexibility index (Phi) is 10.3. The second-order valence-corrected chi connectivity index (χ2v) is 10.7. The largest absolute Gasteiger partial charge is 0.459 e. The molecule has 2 aliphatic heterocycles. The number of hydrogen-bond donors (Lipinski definition) is 2. The number of hydrogen-bond acceptors (Lipinski definition) is 8. The summed E-state index contributed by atoms with van der Waals surface area (Å²) in [5.74, 6) is -1.45. The van der Waals surface area contributed by atoms with Gasteiger partial charge < -0.3 is 29.3 Å². The normalized spacial score (nSPS) is 42.9. The Morgan fingerprint density at radius 2 is 1.70 bits per heavy atom. The lowest BCUT2D eigenvalue weighted by molar-refractivity contribution is -0.279. The first-order valence-electron chi connectivity index (χ1n) is 12.4. The van der Waals surface area contributed by atoms with Crippen molar-refractivity contribution in [2.24, 2.45) is 23.7 Å². The van der Waals surface area contributed by atoms with Crippen LogP contribution in [0.5, 0.6) is 0 Å². The highest BCUT2D eigenvalue weighted by Gasteiger charge is 2.43. The Balaban J connectivity index is 2.32. The smallest absolute Gasteiger partial charge is 0.311 e. The number of aliphatic hydroxyl groups excluding tert-OH is 2. The van der Waals surface area contributed by atoms with Crippen LogP contribution in [0, 0.1) is 23.7 Å². The summed E-state index contributed by atoms with van der Waals surface area (Å²) in [6, 6.07) is -0.136. The van der Waals surface area contributed by atoms with E-state index < -0.39 is 42.6 Å². The molecule has 2 saturated heterocycles. The highest BCUT2D eigenvalue weighted by molar-refractivity contribution is 5.80. The zero-order valence-electron chi connectivity index (χ0n) is 21.6. The molecule has 2 fully saturated rings. The summed E-state index contributed by atoms with van der Waals surface area (Å²) in [4.78, 5) is 27.9. The number of esters is 1. The van der Waals surface area contributed by atoms with E-state index in [2.05, 4.69) is 0 Å². The first kappa shape index (κ1) is 28.2. The summed E-state index contributed by atoms with van der Waals surface area (Å²) in [7, 11) is 3.82. The van der Waals surface area contributed by atoms with E-state index in [9.17, 15) is 19.8 Å². The summed E-state index contributed by atoms with van der Waals surface area (Å²) in [5, 5.41) is 21.2. The third kappa shape index (κ3) is 7.21. The van der Waals surface area contributed by atoms with Crippen LogP contribution in [0.4, 0.5) is 0 Å². The summed E-state index contributed by atoms with van der Waals surface area (Å²) >= 11 is 0. The zero-order valence-corrected chi connectivity index (χ0v) is 21.6. The van der Waals surface area contributed by atoms with Gasteiger partial charge in [-0.25, -0.2) is 0 Å². The van der Waals surface area contributed by atoms with Crippen LogP contribution in [0.25, 0.3) is 0 Å². The molecule has 0 aromatic carbocycles. The van der Waals surface area contributed by atoms with Crippen molar-refractivity contribution >= 4 is 11.8 Å². The molecule has 11 atom stereocenters. The van der Waals surface area contributed by atoms with Gasteiger partial charge in [0.05, 0.1) is 24.2 Å². The predicted octanol–water partition coefficient (Wildman–Crippen LogP) is 2.39. The fraction of sp³-hybridized carbons (Fsp3) is 0.920. The highest BCUT2D eigenvalue weighted by Crippen LogP contribution is 2.32. The Morgan fingerprint density at radius 3 is 2.27 bits per heavy atom. The molecule has 0 radical (unpaired) electrons. The minimum atomic E-state index is -0.894. The lowest BCUT2D eigenvalue weighted by atomic mass is 9.82. The van der Waals surface area contributed by atoms with Gasteiger partial charge in [-0.05, 0) is 66.0 Å². The van der Waals surface area contributed by atoms with Gasteiger partial charge in [-0.3, -0.25) is 9.59 Å². The lowest BCUT2D eigenvalue weighted by Gasteiger charge is -2.43. The maximum absolute atomic E-state index is 13.2. The van der Waals surface area contributed by atoms with Crippen LogP contribution in [0.3, 0.4) is 0 Å². The predicted molar refractivity (Wildman–Crippen MR) is 124 cm³/mol. The molecule has 0 bridgehead atoms. The summed E-state index contributed by atoms with van der Waals surface area (Å²) < 4.78 is 18.0. The van der Waals surface area contributed by atoms with Crippen LogP contribution in [0.1, 0.15) is 67.2 Å². The van der Waals surface area contributed by atoms with E-state index in [4.69, 9.17) is 14.2 Å². The fourth-order valence-electron chi connectivity index (χ4n) is 5.22. The Hall–Kier alpha value is -1.06. The molecule has 0 saturated carbocycles. The first-order chi connectivity index (χ1) is 15.3. The molecule has 2 heterocycles. The maximum atomic E-state index is 13.2. The minimum Gasteiger partial charge on any atom is -0.459 e.